The topological polar surface area (TPSA) is 109 Å². The van der Waals surface area contributed by atoms with Gasteiger partial charge in [0, 0.05) is 23.8 Å². The highest BCUT2D eigenvalue weighted by Crippen LogP contribution is 2.18. The number of fused-ring (bicyclic) bond motifs is 1. The van der Waals surface area contributed by atoms with Gasteiger partial charge in [-0.05, 0) is 49.4 Å². The lowest BCUT2D eigenvalue weighted by Crippen LogP contribution is -2.31. The molecule has 2 heterocycles. The molecule has 0 bridgehead atoms. The number of carbonyl (C=O) groups is 1. The van der Waals surface area contributed by atoms with E-state index in [1.165, 1.54) is 24.4 Å². The van der Waals surface area contributed by atoms with Crippen molar-refractivity contribution in [2.45, 2.75) is 30.7 Å². The Bertz CT molecular complexity index is 1040. The number of carbonyl (C=O) groups excluding carboxylic acids is 1. The van der Waals surface area contributed by atoms with Gasteiger partial charge in [-0.3, -0.25) is 9.59 Å². The van der Waals surface area contributed by atoms with Gasteiger partial charge in [0.05, 0.1) is 5.02 Å². The summed E-state index contributed by atoms with van der Waals surface area (Å²) in [5.74, 6) is -0.545. The zero-order valence-electron chi connectivity index (χ0n) is 14.4. The zero-order chi connectivity index (χ0) is 19.4. The van der Waals surface area contributed by atoms with Gasteiger partial charge in [0.25, 0.3) is 11.5 Å². The minimum absolute atomic E-state index is 0.0336. The molecule has 1 amide bonds. The molecule has 0 spiro atoms. The number of halogens is 1. The van der Waals surface area contributed by atoms with E-state index in [1.54, 1.807) is 6.07 Å². The molecular weight excluding hydrogens is 390 g/mol. The summed E-state index contributed by atoms with van der Waals surface area (Å²) in [7, 11) is -3.73. The second-order valence-corrected chi connectivity index (χ2v) is 8.38. The highest BCUT2D eigenvalue weighted by atomic mass is 35.5. The predicted octanol–water partition coefficient (Wildman–Crippen LogP) is 2.02. The highest BCUT2D eigenvalue weighted by Gasteiger charge is 2.17. The fourth-order valence-electron chi connectivity index (χ4n) is 2.87. The zero-order valence-corrected chi connectivity index (χ0v) is 15.9. The summed E-state index contributed by atoms with van der Waals surface area (Å²) >= 11 is 5.69. The van der Waals surface area contributed by atoms with Crippen molar-refractivity contribution in [1.29, 1.82) is 0 Å². The molecule has 0 atom stereocenters. The molecule has 0 fully saturated rings. The van der Waals surface area contributed by atoms with Crippen LogP contribution < -0.4 is 10.9 Å². The minimum atomic E-state index is -3.73. The van der Waals surface area contributed by atoms with E-state index >= 15 is 0 Å². The Kier molecular flexibility index (Phi) is 5.76. The van der Waals surface area contributed by atoms with Crippen LogP contribution in [0.1, 0.15) is 34.5 Å². The van der Waals surface area contributed by atoms with Crippen LogP contribution in [0.4, 0.5) is 0 Å². The third-order valence-electron chi connectivity index (χ3n) is 4.23. The molecule has 142 valence electrons. The third kappa shape index (κ3) is 4.64. The number of pyridine rings is 2. The van der Waals surface area contributed by atoms with Gasteiger partial charge in [0.2, 0.25) is 9.84 Å². The summed E-state index contributed by atoms with van der Waals surface area (Å²) in [6, 6.07) is 4.35. The Morgan fingerprint density at radius 2 is 2.07 bits per heavy atom. The number of hydrogen-bond acceptors (Lipinski definition) is 5. The predicted molar refractivity (Wildman–Crippen MR) is 102 cm³/mol. The molecule has 1 aliphatic carbocycles. The summed E-state index contributed by atoms with van der Waals surface area (Å²) in [6.07, 6.45) is 6.22. The first-order chi connectivity index (χ1) is 12.9. The van der Waals surface area contributed by atoms with Crippen LogP contribution in [-0.4, -0.2) is 30.8 Å². The fraction of sp³-hybridized carbons (Fsp3) is 0.278. The van der Waals surface area contributed by atoms with Gasteiger partial charge in [0.15, 0.2) is 5.03 Å². The quantitative estimate of drug-likeness (QED) is 0.788. The van der Waals surface area contributed by atoms with Gasteiger partial charge in [-0.1, -0.05) is 17.7 Å². The number of aryl methyl sites for hydroxylation is 2. The molecule has 3 rings (SSSR count). The number of H-pyrrole nitrogens is 1. The fourth-order valence-corrected chi connectivity index (χ4v) is 3.92. The standard InChI is InChI=1S/C18H18ClN3O4S/c19-13-6-7-16(21-11-13)27(25,26)9-3-8-20-17(23)14-10-12-4-1-2-5-15(12)22-18(14)24/h3,6-7,9-11H,1-2,4-5,8H2,(H,20,23)(H,22,24)/b9-3+. The molecule has 1 aliphatic rings. The van der Waals surface area contributed by atoms with E-state index in [0.29, 0.717) is 5.02 Å². The van der Waals surface area contributed by atoms with E-state index in [2.05, 4.69) is 15.3 Å². The van der Waals surface area contributed by atoms with Gasteiger partial charge in [0.1, 0.15) is 5.56 Å². The van der Waals surface area contributed by atoms with Gasteiger partial charge in [-0.25, -0.2) is 13.4 Å². The molecule has 2 aromatic heterocycles. The maximum absolute atomic E-state index is 12.2. The molecule has 9 heteroatoms. The molecule has 7 nitrogen and oxygen atoms in total. The molecule has 0 saturated heterocycles. The number of hydrogen-bond donors (Lipinski definition) is 2. The van der Waals surface area contributed by atoms with Gasteiger partial charge < -0.3 is 10.3 Å². The summed E-state index contributed by atoms with van der Waals surface area (Å²) in [4.78, 5) is 30.9. The largest absolute Gasteiger partial charge is 0.348 e. The molecule has 2 aromatic rings. The average Bonchev–Trinajstić information content (AvgIpc) is 2.65. The number of amides is 1. The average molecular weight is 408 g/mol. The van der Waals surface area contributed by atoms with Crippen molar-refractivity contribution in [2.75, 3.05) is 6.54 Å². The van der Waals surface area contributed by atoms with Gasteiger partial charge in [-0.15, -0.1) is 0 Å². The maximum atomic E-state index is 12.2. The van der Waals surface area contributed by atoms with E-state index in [9.17, 15) is 18.0 Å². The van der Waals surface area contributed by atoms with Crippen molar-refractivity contribution in [3.8, 4) is 0 Å². The Hall–Kier alpha value is -2.45. The number of rotatable bonds is 5. The summed E-state index contributed by atoms with van der Waals surface area (Å²) in [5.41, 5.74) is 1.48. The van der Waals surface area contributed by atoms with E-state index in [0.717, 1.165) is 42.3 Å². The SMILES string of the molecule is O=C(NC/C=C/S(=O)(=O)c1ccc(Cl)cn1)c1cc2c([nH]c1=O)CCCC2. The third-order valence-corrected chi connectivity index (χ3v) is 5.83. The van der Waals surface area contributed by atoms with Crippen molar-refractivity contribution in [3.63, 3.8) is 0 Å². The molecule has 2 N–H and O–H groups in total. The molecule has 0 saturated carbocycles. The molecule has 0 aliphatic heterocycles. The first kappa shape index (κ1) is 19.3. The number of nitrogens with one attached hydrogen (secondary N) is 2. The molecule has 0 unspecified atom stereocenters. The van der Waals surface area contributed by atoms with Crippen molar-refractivity contribution < 1.29 is 13.2 Å². The Labute approximate surface area is 161 Å². The summed E-state index contributed by atoms with van der Waals surface area (Å²) in [6.45, 7) is -0.0395. The second-order valence-electron chi connectivity index (χ2n) is 6.16. The van der Waals surface area contributed by atoms with Crippen LogP contribution in [-0.2, 0) is 22.7 Å². The normalized spacial score (nSPS) is 14.1. The minimum Gasteiger partial charge on any atom is -0.348 e. The lowest BCUT2D eigenvalue weighted by atomic mass is 9.95. The number of aromatic nitrogens is 2. The number of nitrogens with zero attached hydrogens (tertiary/aromatic N) is 1. The molecular formula is C18H18ClN3O4S. The number of aromatic amines is 1. The van der Waals surface area contributed by atoms with Crippen molar-refractivity contribution >= 4 is 27.3 Å². The van der Waals surface area contributed by atoms with Crippen LogP contribution in [0.15, 0.2) is 45.7 Å². The smallest absolute Gasteiger partial charge is 0.261 e. The molecule has 0 radical (unpaired) electrons. The van der Waals surface area contributed by atoms with Crippen LogP contribution in [0.3, 0.4) is 0 Å². The van der Waals surface area contributed by atoms with Crippen LogP contribution in [0.5, 0.6) is 0 Å². The maximum Gasteiger partial charge on any atom is 0.261 e. The highest BCUT2D eigenvalue weighted by molar-refractivity contribution is 7.94. The van der Waals surface area contributed by atoms with Gasteiger partial charge >= 0.3 is 0 Å². The van der Waals surface area contributed by atoms with E-state index in [-0.39, 0.29) is 17.1 Å². The Balaban J connectivity index is 1.65. The van der Waals surface area contributed by atoms with Crippen LogP contribution >= 0.6 is 11.6 Å². The summed E-state index contributed by atoms with van der Waals surface area (Å²) in [5, 5.41) is 3.68. The molecule has 0 aromatic carbocycles. The summed E-state index contributed by atoms with van der Waals surface area (Å²) < 4.78 is 24.2. The second kappa shape index (κ2) is 8.06. The van der Waals surface area contributed by atoms with Crippen LogP contribution in [0.2, 0.25) is 5.02 Å². The van der Waals surface area contributed by atoms with E-state index in [1.807, 2.05) is 0 Å². The van der Waals surface area contributed by atoms with Crippen molar-refractivity contribution in [1.82, 2.24) is 15.3 Å². The Morgan fingerprint density at radius 1 is 1.30 bits per heavy atom. The lowest BCUT2D eigenvalue weighted by molar-refractivity contribution is 0.0956. The van der Waals surface area contributed by atoms with E-state index < -0.39 is 21.3 Å². The first-order valence-electron chi connectivity index (χ1n) is 8.43. The van der Waals surface area contributed by atoms with E-state index in [4.69, 9.17) is 11.6 Å². The monoisotopic (exact) mass is 407 g/mol. The van der Waals surface area contributed by atoms with Crippen molar-refractivity contribution in [3.05, 3.63) is 68.1 Å². The van der Waals surface area contributed by atoms with Gasteiger partial charge in [-0.2, -0.15) is 0 Å². The number of sulfone groups is 1. The first-order valence-corrected chi connectivity index (χ1v) is 10.4. The molecule has 27 heavy (non-hydrogen) atoms. The van der Waals surface area contributed by atoms with Crippen LogP contribution in [0.25, 0.3) is 0 Å². The van der Waals surface area contributed by atoms with Crippen molar-refractivity contribution in [2.24, 2.45) is 0 Å². The Morgan fingerprint density at radius 3 is 2.81 bits per heavy atom. The lowest BCUT2D eigenvalue weighted by Gasteiger charge is -2.15. The van der Waals surface area contributed by atoms with Crippen LogP contribution in [0, 0.1) is 0 Å².